The van der Waals surface area contributed by atoms with Crippen LogP contribution in [0.25, 0.3) is 5.53 Å². The van der Waals surface area contributed by atoms with Crippen molar-refractivity contribution in [2.24, 2.45) is 16.5 Å². The Hall–Kier alpha value is -1.48. The third kappa shape index (κ3) is 3.59. The first-order valence-electron chi connectivity index (χ1n) is 5.14. The second kappa shape index (κ2) is 5.56. The Kier molecular flexibility index (Phi) is 5.05. The predicted molar refractivity (Wildman–Crippen MR) is 62.4 cm³/mol. The normalized spacial score (nSPS) is 12.3. The lowest BCUT2D eigenvalue weighted by Gasteiger charge is -2.17. The quantitative estimate of drug-likeness (QED) is 0.317. The zero-order valence-corrected chi connectivity index (χ0v) is 10.7. The molecule has 5 nitrogen and oxygen atoms in total. The Balaban J connectivity index is 5.47. The number of oxime groups is 1. The van der Waals surface area contributed by atoms with Crippen LogP contribution in [-0.4, -0.2) is 29.1 Å². The monoisotopic (exact) mass is 225 g/mol. The summed E-state index contributed by atoms with van der Waals surface area (Å²) in [7, 11) is 1.39. The van der Waals surface area contributed by atoms with Crippen molar-refractivity contribution >= 4 is 17.2 Å². The van der Waals surface area contributed by atoms with E-state index in [9.17, 15) is 4.79 Å². The van der Waals surface area contributed by atoms with Crippen LogP contribution < -0.4 is 0 Å². The van der Waals surface area contributed by atoms with Gasteiger partial charge in [-0.15, -0.1) is 0 Å². The van der Waals surface area contributed by atoms with Gasteiger partial charge in [-0.25, -0.2) is 0 Å². The van der Waals surface area contributed by atoms with Crippen LogP contribution in [0.5, 0.6) is 0 Å². The lowest BCUT2D eigenvalue weighted by Crippen LogP contribution is -2.37. The highest BCUT2D eigenvalue weighted by Gasteiger charge is 2.37. The molecule has 0 aliphatic heterocycles. The Bertz CT molecular complexity index is 345. The lowest BCUT2D eigenvalue weighted by atomic mass is 9.84. The molecule has 0 amide bonds. The van der Waals surface area contributed by atoms with Crippen molar-refractivity contribution in [2.75, 3.05) is 7.11 Å². The molecule has 90 valence electrons. The molecule has 16 heavy (non-hydrogen) atoms. The number of nitrogens with zero attached hydrogens (tertiary/aromatic N) is 3. The predicted octanol–water partition coefficient (Wildman–Crippen LogP) is 1.93. The van der Waals surface area contributed by atoms with Gasteiger partial charge < -0.3 is 10.4 Å². The molecule has 0 aromatic heterocycles. The molecule has 0 fully saturated rings. The zero-order valence-electron chi connectivity index (χ0n) is 10.7. The maximum atomic E-state index is 11.8. The average molecular weight is 225 g/mol. The summed E-state index contributed by atoms with van der Waals surface area (Å²) in [6.45, 7) is 9.07. The van der Waals surface area contributed by atoms with Gasteiger partial charge in [0, 0.05) is 11.3 Å². The topological polar surface area (TPSA) is 75.1 Å². The van der Waals surface area contributed by atoms with E-state index < -0.39 is 5.41 Å². The number of carbonyl (C=O) groups is 1. The van der Waals surface area contributed by atoms with Crippen LogP contribution >= 0.6 is 0 Å². The van der Waals surface area contributed by atoms with Crippen molar-refractivity contribution in [3.05, 3.63) is 5.53 Å². The van der Waals surface area contributed by atoms with Gasteiger partial charge in [0.2, 0.25) is 5.78 Å². The van der Waals surface area contributed by atoms with E-state index in [1.165, 1.54) is 7.11 Å². The van der Waals surface area contributed by atoms with Gasteiger partial charge in [0.1, 0.15) is 7.11 Å². The summed E-state index contributed by atoms with van der Waals surface area (Å²) in [6, 6.07) is 0. The van der Waals surface area contributed by atoms with E-state index in [2.05, 4.69) is 14.8 Å². The molecule has 0 unspecified atom stereocenters. The highest BCUT2D eigenvalue weighted by molar-refractivity contribution is 6.66. The molecule has 0 atom stereocenters. The minimum absolute atomic E-state index is 0.0376. The van der Waals surface area contributed by atoms with Crippen LogP contribution in [0.15, 0.2) is 5.16 Å². The van der Waals surface area contributed by atoms with Crippen molar-refractivity contribution < 1.29 is 14.4 Å². The van der Waals surface area contributed by atoms with E-state index in [-0.39, 0.29) is 17.4 Å². The zero-order chi connectivity index (χ0) is 12.9. The summed E-state index contributed by atoms with van der Waals surface area (Å²) in [6.07, 6.45) is 0. The van der Waals surface area contributed by atoms with Crippen LogP contribution in [0.2, 0.25) is 0 Å². The maximum Gasteiger partial charge on any atom is 0.383 e. The van der Waals surface area contributed by atoms with Crippen LogP contribution in [-0.2, 0) is 9.63 Å². The minimum atomic E-state index is -0.428. The fraction of sp³-hybridized carbons (Fsp3) is 0.727. The van der Waals surface area contributed by atoms with Gasteiger partial charge in [-0.2, -0.15) is 4.79 Å². The summed E-state index contributed by atoms with van der Waals surface area (Å²) < 4.78 is 0. The molecule has 0 spiro atoms. The lowest BCUT2D eigenvalue weighted by molar-refractivity contribution is -0.119. The molecule has 0 N–H and O–H groups in total. The molecule has 0 aromatic rings. The molecule has 5 heteroatoms. The van der Waals surface area contributed by atoms with Crippen LogP contribution in [0.1, 0.15) is 34.6 Å². The molecule has 0 rings (SSSR count). The average Bonchev–Trinajstić information content (AvgIpc) is 2.15. The van der Waals surface area contributed by atoms with E-state index in [1.54, 1.807) is 13.8 Å². The van der Waals surface area contributed by atoms with Crippen LogP contribution in [0, 0.1) is 11.3 Å². The Labute approximate surface area is 96.1 Å². The van der Waals surface area contributed by atoms with Crippen LogP contribution in [0.3, 0.4) is 0 Å². The van der Waals surface area contributed by atoms with E-state index in [4.69, 9.17) is 5.53 Å². The van der Waals surface area contributed by atoms with Crippen molar-refractivity contribution in [3.63, 3.8) is 0 Å². The summed E-state index contributed by atoms with van der Waals surface area (Å²) in [5.41, 5.74) is 8.81. The summed E-state index contributed by atoms with van der Waals surface area (Å²) >= 11 is 0. The molecule has 0 heterocycles. The number of Topliss-reactive ketones (excluding diaryl/α,β-unsaturated/α-hetero) is 1. The van der Waals surface area contributed by atoms with Gasteiger partial charge in [0.25, 0.3) is 0 Å². The number of ketones is 1. The first-order chi connectivity index (χ1) is 7.25. The van der Waals surface area contributed by atoms with E-state index in [0.29, 0.717) is 5.71 Å². The maximum absolute atomic E-state index is 11.8. The van der Waals surface area contributed by atoms with E-state index in [1.807, 2.05) is 20.8 Å². The molecular weight excluding hydrogens is 206 g/mol. The molecule has 0 saturated heterocycles. The molecule has 0 saturated carbocycles. The Morgan fingerprint density at radius 3 is 2.12 bits per heavy atom. The van der Waals surface area contributed by atoms with Gasteiger partial charge in [0.15, 0.2) is 5.71 Å². The smallest absolute Gasteiger partial charge is 0.383 e. The second-order valence-corrected chi connectivity index (χ2v) is 4.84. The molecule has 0 aliphatic rings. The van der Waals surface area contributed by atoms with E-state index in [0.717, 1.165) is 0 Å². The Morgan fingerprint density at radius 2 is 1.88 bits per heavy atom. The second-order valence-electron chi connectivity index (χ2n) is 4.84. The number of hydrogen-bond donors (Lipinski definition) is 0. The summed E-state index contributed by atoms with van der Waals surface area (Å²) in [4.78, 5) is 19.5. The van der Waals surface area contributed by atoms with Crippen molar-refractivity contribution in [3.8, 4) is 0 Å². The molecule has 0 aliphatic carbocycles. The highest BCUT2D eigenvalue weighted by Crippen LogP contribution is 2.18. The van der Waals surface area contributed by atoms with Crippen molar-refractivity contribution in [1.82, 2.24) is 0 Å². The first kappa shape index (κ1) is 14.5. The molecular formula is C11H19N3O2. The Morgan fingerprint density at radius 1 is 1.38 bits per heavy atom. The van der Waals surface area contributed by atoms with Gasteiger partial charge in [-0.05, 0) is 0 Å². The molecule has 0 radical (unpaired) electrons. The highest BCUT2D eigenvalue weighted by atomic mass is 16.6. The summed E-state index contributed by atoms with van der Waals surface area (Å²) in [5.74, 6) is -0.511. The van der Waals surface area contributed by atoms with Gasteiger partial charge in [-0.3, -0.25) is 4.79 Å². The van der Waals surface area contributed by atoms with E-state index >= 15 is 0 Å². The van der Waals surface area contributed by atoms with Gasteiger partial charge in [-0.1, -0.05) is 39.8 Å². The first-order valence-corrected chi connectivity index (χ1v) is 5.14. The molecule has 0 aromatic carbocycles. The number of rotatable bonds is 4. The van der Waals surface area contributed by atoms with Gasteiger partial charge >= 0.3 is 5.71 Å². The van der Waals surface area contributed by atoms with Crippen molar-refractivity contribution in [2.45, 2.75) is 34.6 Å². The number of carbonyl (C=O) groups excluding carboxylic acids is 1. The SMILES string of the molecule is CON=C(C(=[N+]=[N-])C(=O)C(C)C)C(C)(C)C. The number of hydrogen-bond acceptors (Lipinski definition) is 3. The summed E-state index contributed by atoms with van der Waals surface area (Å²) in [5, 5.41) is 3.78. The van der Waals surface area contributed by atoms with Crippen molar-refractivity contribution in [1.29, 1.82) is 0 Å². The minimum Gasteiger partial charge on any atom is -0.399 e. The third-order valence-corrected chi connectivity index (χ3v) is 1.98. The van der Waals surface area contributed by atoms with Crippen LogP contribution in [0.4, 0.5) is 0 Å². The fourth-order valence-corrected chi connectivity index (χ4v) is 1.11. The molecule has 0 bridgehead atoms. The largest absolute Gasteiger partial charge is 0.399 e. The standard InChI is InChI=1S/C11H19N3O2/c1-7(2)9(15)8(13-12)10(14-16-6)11(3,4)5/h7H,1-6H3. The third-order valence-electron chi connectivity index (χ3n) is 1.98. The van der Waals surface area contributed by atoms with Gasteiger partial charge in [0.05, 0.1) is 0 Å². The fourth-order valence-electron chi connectivity index (χ4n) is 1.11.